The zero-order valence-electron chi connectivity index (χ0n) is 13.1. The summed E-state index contributed by atoms with van der Waals surface area (Å²) in [5, 5.41) is 78.5. The Kier molecular flexibility index (Phi) is 43.5. The Morgan fingerprint density at radius 2 is 1.17 bits per heavy atom. The maximum Gasteiger partial charge on any atom is 1.00 e. The van der Waals surface area contributed by atoms with E-state index >= 15 is 0 Å². The maximum absolute atomic E-state index is 9.74. The molecule has 0 heterocycles. The summed E-state index contributed by atoms with van der Waals surface area (Å²) in [6.45, 7) is -0.783. The molecule has 0 aromatic carbocycles. The number of hydrogen-bond acceptors (Lipinski definition) is 12. The Bertz CT molecular complexity index is 310. The van der Waals surface area contributed by atoms with Crippen LogP contribution in [0.3, 0.4) is 0 Å². The molecule has 0 aromatic rings. The van der Waals surface area contributed by atoms with Crippen molar-refractivity contribution in [1.82, 2.24) is 0 Å². The van der Waals surface area contributed by atoms with Crippen LogP contribution in [0.4, 0.5) is 0 Å². The molecule has 12 nitrogen and oxygen atoms in total. The molecule has 6 N–H and O–H groups in total. The fourth-order valence-electron chi connectivity index (χ4n) is 0.620. The predicted octanol–water partition coefficient (Wildman–Crippen LogP) is -17.0. The molecule has 0 aliphatic heterocycles. The van der Waals surface area contributed by atoms with Crippen molar-refractivity contribution < 1.29 is 215 Å². The summed E-state index contributed by atoms with van der Waals surface area (Å²) in [5.41, 5.74) is 0. The van der Waals surface area contributed by atoms with E-state index in [0.717, 1.165) is 0 Å². The number of carboxylic acid groups (broad SMARTS) is 2. The quantitative estimate of drug-likeness (QED) is 0.0909. The van der Waals surface area contributed by atoms with Crippen molar-refractivity contribution >= 4 is 24.3 Å². The van der Waals surface area contributed by atoms with Crippen LogP contribution in [0.5, 0.6) is 0 Å². The molecule has 4 atom stereocenters. The largest absolute Gasteiger partial charge is 1.00 e. The molecule has 0 amide bonds. The van der Waals surface area contributed by atoms with E-state index in [4.69, 9.17) is 30.6 Å². The van der Waals surface area contributed by atoms with Gasteiger partial charge in [0.15, 0.2) is 6.29 Å². The van der Waals surface area contributed by atoms with Gasteiger partial charge in [0.05, 0.1) is 18.5 Å². The molecule has 24 heavy (non-hydrogen) atoms. The van der Waals surface area contributed by atoms with Gasteiger partial charge in [-0.2, -0.15) is 0 Å². The number of halogens is 1. The first kappa shape index (κ1) is 42.0. The zero-order valence-corrected chi connectivity index (χ0v) is 23.3. The third-order valence-electron chi connectivity index (χ3n) is 1.72. The normalized spacial score (nSPS) is 13.8. The number of carboxylic acids is 2. The number of aliphatic hydroxyl groups excluding tert-OH is 5. The van der Waals surface area contributed by atoms with Gasteiger partial charge < -0.3 is 60.6 Å². The van der Waals surface area contributed by atoms with Crippen molar-refractivity contribution in [2.75, 3.05) is 6.61 Å². The summed E-state index contributed by atoms with van der Waals surface area (Å²) in [6.07, 6.45) is -10.5. The van der Waals surface area contributed by atoms with Crippen LogP contribution < -0.4 is 170 Å². The summed E-state index contributed by atoms with van der Waals surface area (Å²) in [5.74, 6) is -3.80. The van der Waals surface area contributed by atoms with Gasteiger partial charge in [0.25, 0.3) is 0 Å². The molecular formula is C8H14ClK3O12. The standard InChI is InChI=1S/2C4H8O6.ClH.3K/c5-2(1-10-9)3(6)4(7)8;5-1(3(7)8)2(6)4(9)10;;;;/h2-3,5-6,9H,1H2,(H,7,8);1-3,5-8H,(H,9,10);1H;;;/q;;;3*+1/p-3. The van der Waals surface area contributed by atoms with Gasteiger partial charge in [-0.1, -0.05) is 0 Å². The third-order valence-corrected chi connectivity index (χ3v) is 1.72. The van der Waals surface area contributed by atoms with Crippen LogP contribution in [0.2, 0.25) is 0 Å². The number of carbonyl (C=O) groups excluding carboxylic acids is 2. The van der Waals surface area contributed by atoms with Crippen molar-refractivity contribution in [2.45, 2.75) is 30.7 Å². The van der Waals surface area contributed by atoms with E-state index in [-0.39, 0.29) is 167 Å². The second kappa shape index (κ2) is 24.9. The summed E-state index contributed by atoms with van der Waals surface area (Å²) in [4.78, 5) is 22.6. The van der Waals surface area contributed by atoms with E-state index in [2.05, 4.69) is 4.89 Å². The van der Waals surface area contributed by atoms with Crippen LogP contribution in [0.15, 0.2) is 0 Å². The number of rotatable bonds is 7. The molecule has 0 aliphatic carbocycles. The average Bonchev–Trinajstić information content (AvgIpc) is 2.36. The number of hydrogen-bond donors (Lipinski definition) is 6. The second-order valence-corrected chi connectivity index (χ2v) is 3.28. The molecule has 0 rings (SSSR count). The van der Waals surface area contributed by atoms with E-state index in [0.29, 0.717) is 0 Å². The monoisotopic (exact) mass is 454 g/mol. The fourth-order valence-corrected chi connectivity index (χ4v) is 0.620. The minimum absolute atomic E-state index is 0. The van der Waals surface area contributed by atoms with Gasteiger partial charge >= 0.3 is 154 Å². The van der Waals surface area contributed by atoms with Crippen LogP contribution in [-0.4, -0.2) is 79.9 Å². The molecule has 0 radical (unpaired) electrons. The maximum atomic E-state index is 9.74. The van der Waals surface area contributed by atoms with E-state index in [1.165, 1.54) is 0 Å². The molecule has 0 fully saturated rings. The molecular weight excluding hydrogens is 441 g/mol. The summed E-state index contributed by atoms with van der Waals surface area (Å²) in [6, 6.07) is 0. The smallest absolute Gasteiger partial charge is 0.723 e. The fraction of sp³-hybridized carbons (Fsp3) is 0.750. The average molecular weight is 455 g/mol. The Morgan fingerprint density at radius 3 is 1.33 bits per heavy atom. The number of carbonyl (C=O) groups is 2. The van der Waals surface area contributed by atoms with Gasteiger partial charge in [0.2, 0.25) is 0 Å². The van der Waals surface area contributed by atoms with Crippen molar-refractivity contribution in [3.8, 4) is 0 Å². The molecule has 0 saturated heterocycles. The third kappa shape index (κ3) is 22.1. The van der Waals surface area contributed by atoms with E-state index in [1.807, 2.05) is 0 Å². The number of aliphatic carboxylic acids is 2. The molecule has 128 valence electrons. The minimum atomic E-state index is -2.28. The van der Waals surface area contributed by atoms with Crippen molar-refractivity contribution in [3.05, 3.63) is 0 Å². The Labute approximate surface area is 270 Å². The molecule has 0 saturated carbocycles. The topological polar surface area (TPSA) is 234 Å². The molecule has 16 heteroatoms. The van der Waals surface area contributed by atoms with Gasteiger partial charge in [-0.05, 0) is 0 Å². The summed E-state index contributed by atoms with van der Waals surface area (Å²) >= 11 is 0. The Morgan fingerprint density at radius 1 is 0.833 bits per heavy atom. The molecule has 4 unspecified atom stereocenters. The molecule has 0 aliphatic rings. The first-order valence-corrected chi connectivity index (χ1v) is 4.81. The van der Waals surface area contributed by atoms with Gasteiger partial charge in [-0.15, -0.1) is 12.4 Å². The number of aliphatic hydroxyl groups is 6. The first-order chi connectivity index (χ1) is 9.06. The van der Waals surface area contributed by atoms with Crippen LogP contribution >= 0.6 is 12.4 Å². The van der Waals surface area contributed by atoms with Gasteiger partial charge in [0.1, 0.15) is 24.4 Å². The van der Waals surface area contributed by atoms with Crippen molar-refractivity contribution in [1.29, 1.82) is 0 Å². The molecule has 0 aromatic heterocycles. The van der Waals surface area contributed by atoms with E-state index < -0.39 is 49.3 Å². The second-order valence-electron chi connectivity index (χ2n) is 3.28. The predicted molar refractivity (Wildman–Crippen MR) is 55.5 cm³/mol. The van der Waals surface area contributed by atoms with Gasteiger partial charge in [0, 0.05) is 0 Å². The first-order valence-electron chi connectivity index (χ1n) is 4.81. The van der Waals surface area contributed by atoms with Crippen molar-refractivity contribution in [3.63, 3.8) is 0 Å². The van der Waals surface area contributed by atoms with Crippen molar-refractivity contribution in [2.24, 2.45) is 0 Å². The zero-order chi connectivity index (χ0) is 16.5. The van der Waals surface area contributed by atoms with Crippen LogP contribution in [-0.2, 0) is 14.5 Å². The van der Waals surface area contributed by atoms with Crippen LogP contribution in [0, 0.1) is 0 Å². The SMILES string of the molecule is Cl.O=C([O-])C(O)C(O)C(O)O.O=C([O-])C(O)C(O)CO[O-].[K+].[K+].[K+]. The summed E-state index contributed by atoms with van der Waals surface area (Å²) < 4.78 is 0. The van der Waals surface area contributed by atoms with E-state index in [1.54, 1.807) is 0 Å². The minimum Gasteiger partial charge on any atom is -0.723 e. The van der Waals surface area contributed by atoms with Gasteiger partial charge in [-0.25, -0.2) is 0 Å². The van der Waals surface area contributed by atoms with E-state index in [9.17, 15) is 25.1 Å². The summed E-state index contributed by atoms with van der Waals surface area (Å²) in [7, 11) is 0. The van der Waals surface area contributed by atoms with Gasteiger partial charge in [-0.3, -0.25) is 0 Å². The Balaban J connectivity index is -0.0000000579. The van der Waals surface area contributed by atoms with Crippen LogP contribution in [0.1, 0.15) is 0 Å². The molecule has 0 spiro atoms. The molecule has 0 bridgehead atoms. The van der Waals surface area contributed by atoms with Crippen LogP contribution in [0.25, 0.3) is 0 Å². The Hall–Kier alpha value is 3.82.